The van der Waals surface area contributed by atoms with Crippen LogP contribution in [0, 0.1) is 0 Å². The van der Waals surface area contributed by atoms with Gasteiger partial charge in [0.25, 0.3) is 5.91 Å². The smallest absolute Gasteiger partial charge is 0.254 e. The van der Waals surface area contributed by atoms with E-state index in [2.05, 4.69) is 13.8 Å². The number of amides is 2. The predicted octanol–water partition coefficient (Wildman–Crippen LogP) is 2.98. The number of rotatable bonds is 3. The van der Waals surface area contributed by atoms with Gasteiger partial charge in [0.15, 0.2) is 0 Å². The summed E-state index contributed by atoms with van der Waals surface area (Å²) in [7, 11) is 0. The maximum absolute atomic E-state index is 13.1. The Kier molecular flexibility index (Phi) is 4.51. The van der Waals surface area contributed by atoms with Crippen LogP contribution in [0.15, 0.2) is 24.3 Å². The number of hydrogen-bond acceptors (Lipinski definition) is 3. The first-order valence-corrected chi connectivity index (χ1v) is 9.78. The van der Waals surface area contributed by atoms with Gasteiger partial charge in [-0.25, -0.2) is 0 Å². The molecule has 1 aliphatic carbocycles. The topological polar surface area (TPSA) is 49.9 Å². The second-order valence-corrected chi connectivity index (χ2v) is 8.46. The number of carbonyl (C=O) groups is 2. The van der Waals surface area contributed by atoms with Gasteiger partial charge in [0.2, 0.25) is 5.91 Å². The largest absolute Gasteiger partial charge is 0.368 e. The molecule has 0 N–H and O–H groups in total. The highest BCUT2D eigenvalue weighted by atomic mass is 16.5. The number of hydrogen-bond donors (Lipinski definition) is 0. The van der Waals surface area contributed by atoms with Gasteiger partial charge < -0.3 is 14.5 Å². The second-order valence-electron chi connectivity index (χ2n) is 8.46. The van der Waals surface area contributed by atoms with Crippen LogP contribution >= 0.6 is 0 Å². The van der Waals surface area contributed by atoms with Gasteiger partial charge in [0, 0.05) is 31.6 Å². The van der Waals surface area contributed by atoms with Gasteiger partial charge in [-0.05, 0) is 57.2 Å². The van der Waals surface area contributed by atoms with Gasteiger partial charge >= 0.3 is 0 Å². The van der Waals surface area contributed by atoms with Gasteiger partial charge in [-0.3, -0.25) is 9.59 Å². The average Bonchev–Trinajstić information content (AvgIpc) is 3.22. The van der Waals surface area contributed by atoms with E-state index in [0.29, 0.717) is 19.5 Å². The highest BCUT2D eigenvalue weighted by Gasteiger charge is 2.45. The monoisotopic (exact) mass is 356 g/mol. The van der Waals surface area contributed by atoms with E-state index in [1.165, 1.54) is 0 Å². The van der Waals surface area contributed by atoms with E-state index in [1.54, 1.807) is 0 Å². The first-order chi connectivity index (χ1) is 12.4. The Morgan fingerprint density at radius 1 is 1.19 bits per heavy atom. The summed E-state index contributed by atoms with van der Waals surface area (Å²) in [6.45, 7) is 6.25. The average molecular weight is 356 g/mol. The first-order valence-electron chi connectivity index (χ1n) is 9.78. The molecule has 4 rings (SSSR count). The molecule has 0 unspecified atom stereocenters. The van der Waals surface area contributed by atoms with Gasteiger partial charge in [0.05, 0.1) is 17.7 Å². The Labute approximate surface area is 155 Å². The molecule has 1 aromatic rings. The van der Waals surface area contributed by atoms with Gasteiger partial charge in [0.1, 0.15) is 0 Å². The lowest BCUT2D eigenvalue weighted by molar-refractivity contribution is -0.142. The summed E-state index contributed by atoms with van der Waals surface area (Å²) in [5.74, 6) is 0.329. The first kappa shape index (κ1) is 17.5. The van der Waals surface area contributed by atoms with Gasteiger partial charge in [-0.2, -0.15) is 0 Å². The van der Waals surface area contributed by atoms with Crippen molar-refractivity contribution in [2.24, 2.45) is 0 Å². The number of likely N-dealkylation sites (tertiary alicyclic amines) is 1. The van der Waals surface area contributed by atoms with Crippen molar-refractivity contribution < 1.29 is 14.3 Å². The molecular formula is C21H28N2O3. The zero-order valence-corrected chi connectivity index (χ0v) is 15.7. The fourth-order valence-electron chi connectivity index (χ4n) is 4.61. The lowest BCUT2D eigenvalue weighted by atomic mass is 9.99. The molecule has 140 valence electrons. The van der Waals surface area contributed by atoms with Crippen LogP contribution in [0.25, 0.3) is 0 Å². The highest BCUT2D eigenvalue weighted by Crippen LogP contribution is 2.36. The molecule has 3 aliphatic rings. The van der Waals surface area contributed by atoms with Crippen molar-refractivity contribution >= 4 is 11.8 Å². The summed E-state index contributed by atoms with van der Waals surface area (Å²) in [5.41, 5.74) is 1.51. The summed E-state index contributed by atoms with van der Waals surface area (Å²) >= 11 is 0. The molecule has 5 heteroatoms. The summed E-state index contributed by atoms with van der Waals surface area (Å²) in [4.78, 5) is 28.8. The lowest BCUT2D eigenvalue weighted by Gasteiger charge is -2.46. The zero-order chi connectivity index (χ0) is 18.3. The summed E-state index contributed by atoms with van der Waals surface area (Å²) in [6.07, 6.45) is 4.97. The third kappa shape index (κ3) is 3.37. The maximum atomic E-state index is 13.1. The van der Waals surface area contributed by atoms with E-state index < -0.39 is 0 Å². The fourth-order valence-corrected chi connectivity index (χ4v) is 4.61. The molecule has 2 saturated heterocycles. The van der Waals surface area contributed by atoms with Crippen molar-refractivity contribution in [1.29, 1.82) is 0 Å². The number of ether oxygens (including phenoxy) is 1. The van der Waals surface area contributed by atoms with Crippen LogP contribution in [0.5, 0.6) is 0 Å². The minimum atomic E-state index is -0.294. The molecule has 0 spiro atoms. The van der Waals surface area contributed by atoms with E-state index in [-0.39, 0.29) is 29.6 Å². The normalized spacial score (nSPS) is 27.7. The molecular weight excluding hydrogens is 328 g/mol. The second kappa shape index (κ2) is 6.69. The molecule has 26 heavy (non-hydrogen) atoms. The van der Waals surface area contributed by atoms with Crippen molar-refractivity contribution in [2.75, 3.05) is 13.1 Å². The molecule has 1 aromatic carbocycles. The van der Waals surface area contributed by atoms with Crippen molar-refractivity contribution in [3.63, 3.8) is 0 Å². The van der Waals surface area contributed by atoms with Crippen LogP contribution in [-0.2, 0) is 16.1 Å². The predicted molar refractivity (Wildman–Crippen MR) is 98.7 cm³/mol. The van der Waals surface area contributed by atoms with Crippen LogP contribution < -0.4 is 0 Å². The summed E-state index contributed by atoms with van der Waals surface area (Å²) in [5, 5.41) is 0. The Hall–Kier alpha value is -1.88. The number of carbonyl (C=O) groups excluding carboxylic acids is 2. The fraction of sp³-hybridized carbons (Fsp3) is 0.619. The number of benzene rings is 1. The van der Waals surface area contributed by atoms with Crippen LogP contribution in [0.2, 0.25) is 0 Å². The highest BCUT2D eigenvalue weighted by molar-refractivity contribution is 5.94. The SMILES string of the molecule is CC1(C)CN(C(=O)c2ccc(CN3CCCC3=O)cc2)[C@@H]2CCC[C@H]2O1. The Morgan fingerprint density at radius 3 is 2.65 bits per heavy atom. The third-order valence-corrected chi connectivity index (χ3v) is 5.85. The number of nitrogens with zero attached hydrogens (tertiary/aromatic N) is 2. The quantitative estimate of drug-likeness (QED) is 0.837. The Bertz CT molecular complexity index is 698. The molecule has 1 saturated carbocycles. The molecule has 0 aromatic heterocycles. The van der Waals surface area contributed by atoms with Crippen LogP contribution in [0.4, 0.5) is 0 Å². The lowest BCUT2D eigenvalue weighted by Crippen LogP contribution is -2.58. The molecule has 2 amide bonds. The van der Waals surface area contributed by atoms with Crippen LogP contribution in [0.3, 0.4) is 0 Å². The maximum Gasteiger partial charge on any atom is 0.254 e. The minimum Gasteiger partial charge on any atom is -0.368 e. The van der Waals surface area contributed by atoms with E-state index in [0.717, 1.165) is 43.4 Å². The van der Waals surface area contributed by atoms with Gasteiger partial charge in [-0.1, -0.05) is 12.1 Å². The van der Waals surface area contributed by atoms with Crippen LogP contribution in [-0.4, -0.2) is 52.5 Å². The van der Waals surface area contributed by atoms with Gasteiger partial charge in [-0.15, -0.1) is 0 Å². The minimum absolute atomic E-state index is 0.0991. The van der Waals surface area contributed by atoms with Crippen molar-refractivity contribution in [3.8, 4) is 0 Å². The zero-order valence-electron chi connectivity index (χ0n) is 15.7. The Morgan fingerprint density at radius 2 is 1.96 bits per heavy atom. The molecule has 3 fully saturated rings. The van der Waals surface area contributed by atoms with Crippen molar-refractivity contribution in [2.45, 2.75) is 70.2 Å². The van der Waals surface area contributed by atoms with E-state index in [4.69, 9.17) is 4.74 Å². The summed E-state index contributed by atoms with van der Waals surface area (Å²) < 4.78 is 6.19. The van der Waals surface area contributed by atoms with E-state index in [1.807, 2.05) is 34.1 Å². The molecule has 0 radical (unpaired) electrons. The van der Waals surface area contributed by atoms with Crippen molar-refractivity contribution in [1.82, 2.24) is 9.80 Å². The molecule has 5 nitrogen and oxygen atoms in total. The molecule has 2 atom stereocenters. The third-order valence-electron chi connectivity index (χ3n) is 5.85. The summed E-state index contributed by atoms with van der Waals surface area (Å²) in [6, 6.07) is 7.99. The van der Waals surface area contributed by atoms with E-state index >= 15 is 0 Å². The standard InChI is InChI=1S/C21H28N2O3/c1-21(2)14-23(17-5-3-6-18(17)26-21)20(25)16-10-8-15(9-11-16)13-22-12-4-7-19(22)24/h8-11,17-18H,3-7,12-14H2,1-2H3/t17-,18-/m1/s1. The number of fused-ring (bicyclic) bond motifs is 1. The molecule has 2 aliphatic heterocycles. The van der Waals surface area contributed by atoms with Crippen molar-refractivity contribution in [3.05, 3.63) is 35.4 Å². The number of morpholine rings is 1. The molecule has 2 heterocycles. The van der Waals surface area contributed by atoms with Crippen LogP contribution in [0.1, 0.15) is 61.9 Å². The Balaban J connectivity index is 1.48. The van der Waals surface area contributed by atoms with E-state index in [9.17, 15) is 9.59 Å². The molecule has 0 bridgehead atoms.